The lowest BCUT2D eigenvalue weighted by molar-refractivity contribution is 0.183. The van der Waals surface area contributed by atoms with E-state index in [-0.39, 0.29) is 11.3 Å². The molecule has 0 aromatic heterocycles. The highest BCUT2D eigenvalue weighted by molar-refractivity contribution is 8.00. The maximum absolute atomic E-state index is 10.8. The molecule has 0 aromatic carbocycles. The highest BCUT2D eigenvalue weighted by Gasteiger charge is 2.12. The van der Waals surface area contributed by atoms with Gasteiger partial charge < -0.3 is 10.4 Å². The third kappa shape index (κ3) is 12.3. The third-order valence-electron chi connectivity index (χ3n) is 1.78. The average molecular weight is 269 g/mol. The van der Waals surface area contributed by atoms with Crippen LogP contribution in [0, 0.1) is 0 Å². The Balaban J connectivity index is 3.55. The second-order valence-electron chi connectivity index (χ2n) is 4.99. The van der Waals surface area contributed by atoms with Crippen LogP contribution in [0.5, 0.6) is 0 Å². The van der Waals surface area contributed by atoms with Crippen molar-refractivity contribution in [2.75, 3.05) is 30.1 Å². The molecule has 16 heavy (non-hydrogen) atoms. The Kier molecular flexibility index (Phi) is 6.93. The predicted molar refractivity (Wildman–Crippen MR) is 70.8 cm³/mol. The highest BCUT2D eigenvalue weighted by Crippen LogP contribution is 2.05. The lowest BCUT2D eigenvalue weighted by Gasteiger charge is -2.22. The van der Waals surface area contributed by atoms with Gasteiger partial charge in [0.1, 0.15) is 9.84 Å². The Bertz CT molecular complexity index is 283. The zero-order valence-corrected chi connectivity index (χ0v) is 12.1. The van der Waals surface area contributed by atoms with Crippen molar-refractivity contribution in [2.45, 2.75) is 32.4 Å². The number of rotatable bonds is 7. The zero-order chi connectivity index (χ0) is 12.8. The first-order valence-corrected chi connectivity index (χ1v) is 8.50. The molecule has 98 valence electrons. The lowest BCUT2D eigenvalue weighted by atomic mass is 10.1. The molecule has 0 saturated heterocycles. The van der Waals surface area contributed by atoms with Gasteiger partial charge >= 0.3 is 0 Å². The van der Waals surface area contributed by atoms with E-state index in [1.54, 1.807) is 0 Å². The van der Waals surface area contributed by atoms with Gasteiger partial charge in [0.05, 0.1) is 11.9 Å². The Morgan fingerprint density at radius 2 is 1.94 bits per heavy atom. The maximum Gasteiger partial charge on any atom is 0.148 e. The minimum Gasteiger partial charge on any atom is -0.391 e. The van der Waals surface area contributed by atoms with E-state index in [0.29, 0.717) is 18.1 Å². The SMILES string of the molecule is CC(C)(C)NCC(O)CSCCS(C)(=O)=O. The summed E-state index contributed by atoms with van der Waals surface area (Å²) in [5.74, 6) is 1.29. The topological polar surface area (TPSA) is 66.4 Å². The predicted octanol–water partition coefficient (Wildman–Crippen LogP) is 0.513. The summed E-state index contributed by atoms with van der Waals surface area (Å²) in [4.78, 5) is 0. The summed E-state index contributed by atoms with van der Waals surface area (Å²) in [5.41, 5.74) is -0.00158. The summed E-state index contributed by atoms with van der Waals surface area (Å²) in [6, 6.07) is 0. The fourth-order valence-electron chi connectivity index (χ4n) is 0.913. The smallest absolute Gasteiger partial charge is 0.148 e. The van der Waals surface area contributed by atoms with Crippen molar-refractivity contribution in [1.29, 1.82) is 0 Å². The molecule has 0 amide bonds. The van der Waals surface area contributed by atoms with Crippen LogP contribution in [0.3, 0.4) is 0 Å². The van der Waals surface area contributed by atoms with Gasteiger partial charge in [-0.15, -0.1) is 0 Å². The molecule has 0 spiro atoms. The van der Waals surface area contributed by atoms with Crippen LogP contribution < -0.4 is 5.32 Å². The van der Waals surface area contributed by atoms with Crippen LogP contribution in [0.25, 0.3) is 0 Å². The molecule has 0 saturated carbocycles. The van der Waals surface area contributed by atoms with E-state index in [0.717, 1.165) is 0 Å². The van der Waals surface area contributed by atoms with E-state index in [2.05, 4.69) is 5.32 Å². The minimum atomic E-state index is -2.88. The van der Waals surface area contributed by atoms with Crippen molar-refractivity contribution in [2.24, 2.45) is 0 Å². The third-order valence-corrected chi connectivity index (χ3v) is 4.09. The summed E-state index contributed by atoms with van der Waals surface area (Å²) < 4.78 is 21.7. The van der Waals surface area contributed by atoms with Gasteiger partial charge in [-0.05, 0) is 20.8 Å². The minimum absolute atomic E-state index is 0.00158. The number of nitrogens with one attached hydrogen (secondary N) is 1. The number of sulfone groups is 1. The van der Waals surface area contributed by atoms with Crippen LogP contribution in [-0.4, -0.2) is 55.2 Å². The average Bonchev–Trinajstić information content (AvgIpc) is 2.06. The Hall–Kier alpha value is 0.220. The number of hydrogen-bond donors (Lipinski definition) is 2. The van der Waals surface area contributed by atoms with Gasteiger partial charge in [0, 0.05) is 29.8 Å². The standard InChI is InChI=1S/C10H23NO3S2/c1-10(2,3)11-7-9(12)8-15-5-6-16(4,13)14/h9,11-12H,5-8H2,1-4H3. The monoisotopic (exact) mass is 269 g/mol. The molecule has 0 aliphatic rings. The van der Waals surface area contributed by atoms with Crippen LogP contribution in [-0.2, 0) is 9.84 Å². The fourth-order valence-corrected chi connectivity index (χ4v) is 3.15. The first-order chi connectivity index (χ1) is 7.10. The van der Waals surface area contributed by atoms with Gasteiger partial charge in [0.25, 0.3) is 0 Å². The van der Waals surface area contributed by atoms with Crippen LogP contribution in [0.1, 0.15) is 20.8 Å². The maximum atomic E-state index is 10.8. The van der Waals surface area contributed by atoms with E-state index in [4.69, 9.17) is 0 Å². The quantitative estimate of drug-likeness (QED) is 0.659. The number of β-amino-alcohol motifs (C(OH)–C–C–N with tert-alkyl or cyclic N) is 1. The van der Waals surface area contributed by atoms with E-state index in [9.17, 15) is 13.5 Å². The van der Waals surface area contributed by atoms with Crippen molar-refractivity contribution in [3.8, 4) is 0 Å². The number of thioether (sulfide) groups is 1. The van der Waals surface area contributed by atoms with E-state index in [1.165, 1.54) is 18.0 Å². The fraction of sp³-hybridized carbons (Fsp3) is 1.00. The normalized spacial score (nSPS) is 15.1. The Labute approximate surface area is 103 Å². The van der Waals surface area contributed by atoms with Gasteiger partial charge in [0.2, 0.25) is 0 Å². The van der Waals surface area contributed by atoms with Crippen molar-refractivity contribution >= 4 is 21.6 Å². The largest absolute Gasteiger partial charge is 0.391 e. The molecule has 0 heterocycles. The molecule has 2 N–H and O–H groups in total. The molecule has 0 radical (unpaired) electrons. The Morgan fingerprint density at radius 3 is 2.38 bits per heavy atom. The molecule has 0 aromatic rings. The Morgan fingerprint density at radius 1 is 1.38 bits per heavy atom. The zero-order valence-electron chi connectivity index (χ0n) is 10.5. The molecule has 0 fully saturated rings. The molecule has 1 unspecified atom stereocenters. The summed E-state index contributed by atoms with van der Waals surface area (Å²) in [6.45, 7) is 6.65. The molecule has 0 aliphatic heterocycles. The number of aliphatic hydroxyl groups excluding tert-OH is 1. The highest BCUT2D eigenvalue weighted by atomic mass is 32.2. The van der Waals surface area contributed by atoms with Gasteiger partial charge in [-0.25, -0.2) is 8.42 Å². The van der Waals surface area contributed by atoms with E-state index < -0.39 is 15.9 Å². The van der Waals surface area contributed by atoms with Gasteiger partial charge in [0.15, 0.2) is 0 Å². The van der Waals surface area contributed by atoms with Crippen molar-refractivity contribution in [1.82, 2.24) is 5.32 Å². The number of aliphatic hydroxyl groups is 1. The van der Waals surface area contributed by atoms with Crippen molar-refractivity contribution in [3.05, 3.63) is 0 Å². The summed E-state index contributed by atoms with van der Waals surface area (Å²) in [7, 11) is -2.88. The number of hydrogen-bond acceptors (Lipinski definition) is 5. The van der Waals surface area contributed by atoms with Gasteiger partial charge in [-0.3, -0.25) is 0 Å². The second kappa shape index (κ2) is 6.83. The molecule has 1 atom stereocenters. The van der Waals surface area contributed by atoms with E-state index >= 15 is 0 Å². The van der Waals surface area contributed by atoms with Gasteiger partial charge in [-0.2, -0.15) is 11.8 Å². The summed E-state index contributed by atoms with van der Waals surface area (Å²) in [6.07, 6.45) is 0.800. The van der Waals surface area contributed by atoms with E-state index in [1.807, 2.05) is 20.8 Å². The molecular formula is C10H23NO3S2. The first kappa shape index (κ1) is 16.2. The van der Waals surface area contributed by atoms with Crippen LogP contribution in [0.4, 0.5) is 0 Å². The first-order valence-electron chi connectivity index (χ1n) is 5.29. The molecular weight excluding hydrogens is 246 g/mol. The lowest BCUT2D eigenvalue weighted by Crippen LogP contribution is -2.41. The molecule has 0 rings (SSSR count). The van der Waals surface area contributed by atoms with Crippen molar-refractivity contribution < 1.29 is 13.5 Å². The van der Waals surface area contributed by atoms with Crippen LogP contribution >= 0.6 is 11.8 Å². The molecule has 0 aliphatic carbocycles. The molecule has 6 heteroatoms. The van der Waals surface area contributed by atoms with Crippen LogP contribution in [0.15, 0.2) is 0 Å². The summed E-state index contributed by atoms with van der Waals surface area (Å²) in [5, 5.41) is 12.8. The summed E-state index contributed by atoms with van der Waals surface area (Å²) >= 11 is 1.47. The van der Waals surface area contributed by atoms with Crippen molar-refractivity contribution in [3.63, 3.8) is 0 Å². The molecule has 4 nitrogen and oxygen atoms in total. The molecule has 0 bridgehead atoms. The van der Waals surface area contributed by atoms with Crippen LogP contribution in [0.2, 0.25) is 0 Å². The van der Waals surface area contributed by atoms with Gasteiger partial charge in [-0.1, -0.05) is 0 Å². The second-order valence-corrected chi connectivity index (χ2v) is 8.40.